The quantitative estimate of drug-likeness (QED) is 0.198. The highest BCUT2D eigenvalue weighted by Gasteiger charge is 2.20. The van der Waals surface area contributed by atoms with E-state index in [0.717, 1.165) is 0 Å². The number of anilines is 1. The molecule has 2 amide bonds. The van der Waals surface area contributed by atoms with Crippen LogP contribution in [0.5, 0.6) is 0 Å². The third-order valence-electron chi connectivity index (χ3n) is 6.61. The molecule has 0 fully saturated rings. The molecular weight excluding hydrogens is 547 g/mol. The number of primary amides is 1. The summed E-state index contributed by atoms with van der Waals surface area (Å²) < 4.78 is 15.0. The normalized spacial score (nSPS) is 11.9. The van der Waals surface area contributed by atoms with Gasteiger partial charge in [-0.25, -0.2) is 9.37 Å². The summed E-state index contributed by atoms with van der Waals surface area (Å²) in [6, 6.07) is 14.9. The van der Waals surface area contributed by atoms with E-state index < -0.39 is 23.3 Å². The van der Waals surface area contributed by atoms with Gasteiger partial charge in [0.25, 0.3) is 5.56 Å². The summed E-state index contributed by atoms with van der Waals surface area (Å²) in [6.07, 6.45) is 0. The summed E-state index contributed by atoms with van der Waals surface area (Å²) in [5.74, 6) is -1.80. The van der Waals surface area contributed by atoms with Crippen LogP contribution >= 0.6 is 11.3 Å². The van der Waals surface area contributed by atoms with Crippen molar-refractivity contribution in [2.45, 2.75) is 19.5 Å². The van der Waals surface area contributed by atoms with Gasteiger partial charge in [0, 0.05) is 21.8 Å². The number of rotatable bonds is 9. The Kier molecular flexibility index (Phi) is 7.60. The highest BCUT2D eigenvalue weighted by Crippen LogP contribution is 2.24. The van der Waals surface area contributed by atoms with Crippen LogP contribution in [0.3, 0.4) is 0 Å². The molecular formula is C29H25FN6O4S. The Morgan fingerprint density at radius 3 is 2.68 bits per heavy atom. The maximum Gasteiger partial charge on any atom is 0.275 e. The third-order valence-corrected chi connectivity index (χ3v) is 7.44. The molecule has 0 aliphatic rings. The molecule has 0 saturated heterocycles. The van der Waals surface area contributed by atoms with Crippen LogP contribution in [-0.2, 0) is 11.3 Å². The molecule has 0 aliphatic heterocycles. The fraction of sp³-hybridized carbons (Fsp3) is 0.138. The molecule has 0 saturated carbocycles. The molecule has 1 atom stereocenters. The number of aromatic amines is 1. The lowest BCUT2D eigenvalue weighted by atomic mass is 10.1. The monoisotopic (exact) mass is 572 g/mol. The number of halogens is 1. The van der Waals surface area contributed by atoms with Gasteiger partial charge < -0.3 is 21.4 Å². The van der Waals surface area contributed by atoms with E-state index in [2.05, 4.69) is 20.6 Å². The summed E-state index contributed by atoms with van der Waals surface area (Å²) in [7, 11) is 1.63. The summed E-state index contributed by atoms with van der Waals surface area (Å²) >= 11 is 1.19. The number of ketones is 1. The second kappa shape index (κ2) is 11.3. The Morgan fingerprint density at radius 2 is 1.93 bits per heavy atom. The number of benzene rings is 2. The summed E-state index contributed by atoms with van der Waals surface area (Å²) in [6.45, 7) is 1.64. The minimum atomic E-state index is -0.617. The number of carbonyl (C=O) groups is 3. The van der Waals surface area contributed by atoms with Crippen LogP contribution in [0.25, 0.3) is 22.2 Å². The first-order valence-corrected chi connectivity index (χ1v) is 13.4. The Bertz CT molecular complexity index is 1870. The molecule has 3 heterocycles. The molecule has 208 valence electrons. The number of likely N-dealkylation sites (N-methyl/N-ethyl adjacent to an activating group) is 1. The molecule has 0 aliphatic carbocycles. The van der Waals surface area contributed by atoms with Crippen LogP contribution in [0.4, 0.5) is 10.1 Å². The Hall–Kier alpha value is -4.94. The van der Waals surface area contributed by atoms with Crippen molar-refractivity contribution in [3.63, 3.8) is 0 Å². The molecule has 3 aromatic heterocycles. The van der Waals surface area contributed by atoms with Crippen molar-refractivity contribution in [1.82, 2.24) is 19.9 Å². The predicted molar refractivity (Wildman–Crippen MR) is 155 cm³/mol. The molecule has 5 rings (SSSR count). The van der Waals surface area contributed by atoms with E-state index in [-0.39, 0.29) is 40.9 Å². The smallest absolute Gasteiger partial charge is 0.275 e. The van der Waals surface area contributed by atoms with E-state index in [1.165, 1.54) is 34.1 Å². The number of nitrogens with one attached hydrogen (secondary N) is 3. The van der Waals surface area contributed by atoms with Gasteiger partial charge in [0.15, 0.2) is 0 Å². The fourth-order valence-electron chi connectivity index (χ4n) is 4.27. The van der Waals surface area contributed by atoms with Crippen molar-refractivity contribution in [2.75, 3.05) is 12.4 Å². The van der Waals surface area contributed by atoms with Crippen molar-refractivity contribution < 1.29 is 18.8 Å². The second-order valence-electron chi connectivity index (χ2n) is 9.34. The highest BCUT2D eigenvalue weighted by atomic mass is 32.1. The van der Waals surface area contributed by atoms with Crippen molar-refractivity contribution in [3.8, 4) is 11.3 Å². The van der Waals surface area contributed by atoms with Crippen molar-refractivity contribution in [2.24, 2.45) is 5.73 Å². The van der Waals surface area contributed by atoms with Crippen LogP contribution in [0.1, 0.15) is 38.5 Å². The van der Waals surface area contributed by atoms with Gasteiger partial charge in [0.1, 0.15) is 22.2 Å². The largest absolute Gasteiger partial charge is 0.366 e. The highest BCUT2D eigenvalue weighted by molar-refractivity contribution is 7.09. The first-order chi connectivity index (χ1) is 19.6. The zero-order valence-corrected chi connectivity index (χ0v) is 22.8. The number of thiazole rings is 1. The lowest BCUT2D eigenvalue weighted by Crippen LogP contribution is -2.37. The molecule has 5 aromatic rings. The number of hydrogen-bond donors (Lipinski definition) is 4. The van der Waals surface area contributed by atoms with Crippen LogP contribution in [-0.4, -0.2) is 45.2 Å². The molecule has 10 nitrogen and oxygen atoms in total. The van der Waals surface area contributed by atoms with Gasteiger partial charge in [0.05, 0.1) is 24.0 Å². The van der Waals surface area contributed by atoms with E-state index in [4.69, 9.17) is 5.73 Å². The first-order valence-electron chi connectivity index (χ1n) is 12.5. The van der Waals surface area contributed by atoms with Crippen LogP contribution in [0.2, 0.25) is 0 Å². The van der Waals surface area contributed by atoms with Crippen molar-refractivity contribution in [3.05, 3.63) is 104 Å². The van der Waals surface area contributed by atoms with Crippen LogP contribution in [0.15, 0.2) is 70.8 Å². The molecule has 12 heteroatoms. The average Bonchev–Trinajstić information content (AvgIpc) is 3.61. The maximum absolute atomic E-state index is 13.6. The van der Waals surface area contributed by atoms with Gasteiger partial charge in [-0.05, 0) is 68.1 Å². The average molecular weight is 573 g/mol. The fourth-order valence-corrected chi connectivity index (χ4v) is 5.04. The minimum Gasteiger partial charge on any atom is -0.366 e. The Morgan fingerprint density at radius 1 is 1.12 bits per heavy atom. The lowest BCUT2D eigenvalue weighted by molar-refractivity contribution is -0.117. The zero-order valence-electron chi connectivity index (χ0n) is 22.0. The number of fused-ring (bicyclic) bond motifs is 1. The van der Waals surface area contributed by atoms with E-state index in [1.807, 2.05) is 0 Å². The third kappa shape index (κ3) is 5.69. The van der Waals surface area contributed by atoms with Crippen LogP contribution < -0.4 is 21.9 Å². The first kappa shape index (κ1) is 27.6. The van der Waals surface area contributed by atoms with Gasteiger partial charge in [-0.1, -0.05) is 12.1 Å². The van der Waals surface area contributed by atoms with Crippen molar-refractivity contribution >= 4 is 45.5 Å². The molecule has 0 radical (unpaired) electrons. The number of aromatic nitrogens is 3. The molecule has 1 unspecified atom stereocenters. The summed E-state index contributed by atoms with van der Waals surface area (Å²) in [5.41, 5.74) is 7.34. The minimum absolute atomic E-state index is 0.0177. The van der Waals surface area contributed by atoms with Gasteiger partial charge in [0.2, 0.25) is 17.6 Å². The molecule has 5 N–H and O–H groups in total. The van der Waals surface area contributed by atoms with E-state index >= 15 is 0 Å². The number of H-pyrrole nitrogens is 1. The van der Waals surface area contributed by atoms with Gasteiger partial charge in [-0.3, -0.25) is 23.7 Å². The van der Waals surface area contributed by atoms with Gasteiger partial charge in [-0.15, -0.1) is 11.3 Å². The summed E-state index contributed by atoms with van der Waals surface area (Å²) in [4.78, 5) is 58.5. The number of pyridine rings is 1. The molecule has 2 aromatic carbocycles. The zero-order chi connectivity index (χ0) is 29.3. The summed E-state index contributed by atoms with van der Waals surface area (Å²) in [5, 5.41) is 8.07. The number of amides is 2. The predicted octanol–water partition coefficient (Wildman–Crippen LogP) is 3.52. The van der Waals surface area contributed by atoms with Gasteiger partial charge in [-0.2, -0.15) is 0 Å². The standard InChI is InChI=1S/C29H25FN6O4S/c1-15(32-2)28(39)35-21-8-9-24(16-4-3-5-17(10-16)27(31)38)36(29(21)40)13-25-34-23(14-41-25)26(37)22-12-18-11-19(30)6-7-20(18)33-22/h3-12,14-15,32-33H,13H2,1-2H3,(H2,31,38)(H,35,39). The molecule has 0 bridgehead atoms. The second-order valence-corrected chi connectivity index (χ2v) is 10.3. The molecule has 0 spiro atoms. The number of carbonyl (C=O) groups excluding carboxylic acids is 3. The number of hydrogen-bond acceptors (Lipinski definition) is 7. The number of nitrogens with two attached hydrogens (primary N) is 1. The van der Waals surface area contributed by atoms with E-state index in [0.29, 0.717) is 27.2 Å². The molecule has 41 heavy (non-hydrogen) atoms. The maximum atomic E-state index is 13.6. The topological polar surface area (TPSA) is 152 Å². The van der Waals surface area contributed by atoms with E-state index in [9.17, 15) is 23.6 Å². The van der Waals surface area contributed by atoms with E-state index in [1.54, 1.807) is 61.8 Å². The Labute approximate surface area is 237 Å². The number of nitrogens with zero attached hydrogens (tertiary/aromatic N) is 2. The Balaban J connectivity index is 1.51. The van der Waals surface area contributed by atoms with Crippen LogP contribution in [0, 0.1) is 5.82 Å². The lowest BCUT2D eigenvalue weighted by Gasteiger charge is -2.16. The van der Waals surface area contributed by atoms with Crippen molar-refractivity contribution in [1.29, 1.82) is 0 Å². The van der Waals surface area contributed by atoms with Gasteiger partial charge >= 0.3 is 0 Å². The SMILES string of the molecule is CNC(C)C(=O)Nc1ccc(-c2cccc(C(N)=O)c2)n(Cc2nc(C(=O)c3cc4cc(F)ccc4[nH]3)cs2)c1=O.